The highest BCUT2D eigenvalue weighted by Gasteiger charge is 2.19. The van der Waals surface area contributed by atoms with E-state index in [4.69, 9.17) is 9.47 Å². The number of fused-ring (bicyclic) bond motifs is 2. The maximum Gasteiger partial charge on any atom is 0.362 e. The molecule has 0 bridgehead atoms. The number of carbonyl (C=O) groups is 2. The van der Waals surface area contributed by atoms with Gasteiger partial charge in [-0.25, -0.2) is 14.6 Å². The van der Waals surface area contributed by atoms with Crippen LogP contribution in [0.5, 0.6) is 5.75 Å². The molecule has 0 fully saturated rings. The van der Waals surface area contributed by atoms with E-state index in [0.29, 0.717) is 5.52 Å². The van der Waals surface area contributed by atoms with E-state index in [2.05, 4.69) is 4.98 Å². The summed E-state index contributed by atoms with van der Waals surface area (Å²) in [6.45, 7) is 0. The molecule has 27 heavy (non-hydrogen) atoms. The quantitative estimate of drug-likeness (QED) is 0.402. The van der Waals surface area contributed by atoms with Crippen molar-refractivity contribution < 1.29 is 19.1 Å². The maximum absolute atomic E-state index is 12.6. The van der Waals surface area contributed by atoms with E-state index in [1.54, 1.807) is 24.3 Å². The Kier molecular flexibility index (Phi) is 4.26. The minimum Gasteiger partial charge on any atom is -0.465 e. The lowest BCUT2D eigenvalue weighted by Gasteiger charge is -2.11. The Balaban J connectivity index is 1.74. The van der Waals surface area contributed by atoms with Crippen LogP contribution in [0.1, 0.15) is 20.8 Å². The first-order valence-electron chi connectivity index (χ1n) is 8.35. The van der Waals surface area contributed by atoms with Gasteiger partial charge >= 0.3 is 11.9 Å². The first-order chi connectivity index (χ1) is 13.2. The van der Waals surface area contributed by atoms with Gasteiger partial charge in [0.1, 0.15) is 17.0 Å². The van der Waals surface area contributed by atoms with E-state index < -0.39 is 11.9 Å². The van der Waals surface area contributed by atoms with Gasteiger partial charge in [-0.2, -0.15) is 0 Å². The lowest BCUT2D eigenvalue weighted by molar-refractivity contribution is 0.0593. The third-order valence-corrected chi connectivity index (χ3v) is 4.26. The molecule has 0 aliphatic heterocycles. The molecule has 0 spiro atoms. The van der Waals surface area contributed by atoms with Gasteiger partial charge in [0, 0.05) is 5.39 Å². The van der Waals surface area contributed by atoms with Crippen LogP contribution >= 0.6 is 0 Å². The number of nitrogens with zero attached hydrogens (tertiary/aromatic N) is 1. The molecule has 1 aromatic heterocycles. The van der Waals surface area contributed by atoms with Gasteiger partial charge in [0.05, 0.1) is 12.6 Å². The van der Waals surface area contributed by atoms with Gasteiger partial charge in [0.15, 0.2) is 0 Å². The molecule has 4 aromatic rings. The van der Waals surface area contributed by atoms with Crippen LogP contribution in [-0.2, 0) is 4.74 Å². The smallest absolute Gasteiger partial charge is 0.362 e. The van der Waals surface area contributed by atoms with Gasteiger partial charge in [0.2, 0.25) is 0 Å². The summed E-state index contributed by atoms with van der Waals surface area (Å²) >= 11 is 0. The Morgan fingerprint density at radius 1 is 0.778 bits per heavy atom. The molecule has 0 aliphatic rings. The molecule has 5 heteroatoms. The molecule has 0 N–H and O–H groups in total. The molecule has 4 rings (SSSR count). The van der Waals surface area contributed by atoms with Crippen molar-refractivity contribution in [3.05, 3.63) is 84.1 Å². The molecule has 3 aromatic carbocycles. The van der Waals surface area contributed by atoms with E-state index in [0.717, 1.165) is 16.2 Å². The van der Waals surface area contributed by atoms with Crippen LogP contribution in [0.15, 0.2) is 72.8 Å². The van der Waals surface area contributed by atoms with Crippen molar-refractivity contribution in [1.82, 2.24) is 4.98 Å². The number of hydrogen-bond acceptors (Lipinski definition) is 5. The molecular weight excluding hydrogens is 342 g/mol. The summed E-state index contributed by atoms with van der Waals surface area (Å²) in [5.41, 5.74) is 1.04. The van der Waals surface area contributed by atoms with Gasteiger partial charge in [-0.3, -0.25) is 0 Å². The van der Waals surface area contributed by atoms with Crippen LogP contribution in [0.25, 0.3) is 21.7 Å². The molecule has 0 unspecified atom stereocenters. The van der Waals surface area contributed by atoms with Crippen molar-refractivity contribution in [2.75, 3.05) is 7.11 Å². The molecule has 0 atom stereocenters. The molecule has 0 aliphatic carbocycles. The van der Waals surface area contributed by atoms with E-state index in [1.165, 1.54) is 7.11 Å². The number of ether oxygens (including phenoxy) is 2. The maximum atomic E-state index is 12.6. The van der Waals surface area contributed by atoms with Gasteiger partial charge in [0.25, 0.3) is 0 Å². The summed E-state index contributed by atoms with van der Waals surface area (Å²) in [5.74, 6) is -1.07. The standard InChI is InChI=1S/C22H15NO4/c1-26-21(24)17-12-15-7-2-3-8-16(15)13-20(17)27-22(25)19-11-10-14-6-4-5-9-18(14)23-19/h2-13H,1H3. The lowest BCUT2D eigenvalue weighted by atomic mass is 10.1. The number of benzene rings is 3. The summed E-state index contributed by atoms with van der Waals surface area (Å²) in [5, 5.41) is 2.62. The molecule has 132 valence electrons. The van der Waals surface area contributed by atoms with Crippen LogP contribution in [0.2, 0.25) is 0 Å². The predicted molar refractivity (Wildman–Crippen MR) is 102 cm³/mol. The average molecular weight is 357 g/mol. The monoisotopic (exact) mass is 357 g/mol. The fourth-order valence-corrected chi connectivity index (χ4v) is 2.91. The van der Waals surface area contributed by atoms with E-state index in [9.17, 15) is 9.59 Å². The summed E-state index contributed by atoms with van der Waals surface area (Å²) < 4.78 is 10.3. The molecule has 0 saturated heterocycles. The van der Waals surface area contributed by atoms with Crippen LogP contribution in [0.4, 0.5) is 0 Å². The molecule has 0 radical (unpaired) electrons. The fraction of sp³-hybridized carbons (Fsp3) is 0.0455. The zero-order valence-corrected chi connectivity index (χ0v) is 14.5. The van der Waals surface area contributed by atoms with Gasteiger partial charge in [-0.05, 0) is 35.0 Å². The Bertz CT molecular complexity index is 1180. The number of esters is 2. The average Bonchev–Trinajstić information content (AvgIpc) is 2.72. The van der Waals surface area contributed by atoms with Crippen molar-refractivity contribution >= 4 is 33.6 Å². The zero-order chi connectivity index (χ0) is 18.8. The van der Waals surface area contributed by atoms with Gasteiger partial charge < -0.3 is 9.47 Å². The minimum absolute atomic E-state index is 0.139. The van der Waals surface area contributed by atoms with Crippen molar-refractivity contribution in [1.29, 1.82) is 0 Å². The summed E-state index contributed by atoms with van der Waals surface area (Å²) in [6, 6.07) is 21.7. The third-order valence-electron chi connectivity index (χ3n) is 4.26. The number of carbonyl (C=O) groups excluding carboxylic acids is 2. The van der Waals surface area contributed by atoms with E-state index in [-0.39, 0.29) is 17.0 Å². The van der Waals surface area contributed by atoms with E-state index >= 15 is 0 Å². The van der Waals surface area contributed by atoms with E-state index in [1.807, 2.05) is 48.5 Å². The van der Waals surface area contributed by atoms with Gasteiger partial charge in [-0.15, -0.1) is 0 Å². The van der Waals surface area contributed by atoms with Crippen molar-refractivity contribution in [2.45, 2.75) is 0 Å². The first kappa shape index (κ1) is 16.7. The van der Waals surface area contributed by atoms with Crippen LogP contribution in [-0.4, -0.2) is 24.0 Å². The summed E-state index contributed by atoms with van der Waals surface area (Å²) in [7, 11) is 1.29. The highest BCUT2D eigenvalue weighted by Crippen LogP contribution is 2.27. The SMILES string of the molecule is COC(=O)c1cc2ccccc2cc1OC(=O)c1ccc2ccccc2n1. The number of pyridine rings is 1. The van der Waals surface area contributed by atoms with Crippen molar-refractivity contribution in [2.24, 2.45) is 0 Å². The van der Waals surface area contributed by atoms with Crippen molar-refractivity contribution in [3.63, 3.8) is 0 Å². The van der Waals surface area contributed by atoms with Crippen LogP contribution in [0, 0.1) is 0 Å². The second-order valence-electron chi connectivity index (χ2n) is 5.97. The summed E-state index contributed by atoms with van der Waals surface area (Å²) in [6.07, 6.45) is 0. The number of para-hydroxylation sites is 1. The largest absolute Gasteiger partial charge is 0.465 e. The number of rotatable bonds is 3. The van der Waals surface area contributed by atoms with Crippen LogP contribution in [0.3, 0.4) is 0 Å². The first-order valence-corrected chi connectivity index (χ1v) is 8.35. The molecule has 1 heterocycles. The molecule has 0 saturated carbocycles. The second-order valence-corrected chi connectivity index (χ2v) is 5.97. The highest BCUT2D eigenvalue weighted by molar-refractivity contribution is 6.00. The zero-order valence-electron chi connectivity index (χ0n) is 14.5. The highest BCUT2D eigenvalue weighted by atomic mass is 16.5. The topological polar surface area (TPSA) is 65.5 Å². The summed E-state index contributed by atoms with van der Waals surface area (Å²) in [4.78, 5) is 29.1. The lowest BCUT2D eigenvalue weighted by Crippen LogP contribution is -2.13. The Hall–Kier alpha value is -3.73. The Morgan fingerprint density at radius 2 is 1.44 bits per heavy atom. The minimum atomic E-state index is -0.638. The Morgan fingerprint density at radius 3 is 2.19 bits per heavy atom. The molecule has 5 nitrogen and oxygen atoms in total. The third kappa shape index (κ3) is 3.22. The van der Waals surface area contributed by atoms with Crippen LogP contribution < -0.4 is 4.74 Å². The number of hydrogen-bond donors (Lipinski definition) is 0. The number of methoxy groups -OCH3 is 1. The molecule has 0 amide bonds. The van der Waals surface area contributed by atoms with Crippen molar-refractivity contribution in [3.8, 4) is 5.75 Å². The molecular formula is C22H15NO4. The van der Waals surface area contributed by atoms with Gasteiger partial charge in [-0.1, -0.05) is 48.5 Å². The number of aromatic nitrogens is 1. The predicted octanol–water partition coefficient (Wildman–Crippen LogP) is 4.39. The fourth-order valence-electron chi connectivity index (χ4n) is 2.91. The second kappa shape index (κ2) is 6.88. The normalized spacial score (nSPS) is 10.7. The Labute approximate surface area is 155 Å².